The minimum Gasteiger partial charge on any atom is -0.385 e. The van der Waals surface area contributed by atoms with E-state index in [9.17, 15) is 5.11 Å². The molecular weight excluding hydrogens is 234 g/mol. The fourth-order valence-corrected chi connectivity index (χ4v) is 2.90. The molecule has 0 spiro atoms. The minimum atomic E-state index is -0.679. The molecule has 2 rings (SSSR count). The van der Waals surface area contributed by atoms with E-state index in [2.05, 4.69) is 11.9 Å². The third kappa shape index (κ3) is 2.99. The molecule has 1 heterocycles. The van der Waals surface area contributed by atoms with Gasteiger partial charge in [-0.25, -0.2) is 4.98 Å². The zero-order valence-corrected chi connectivity index (χ0v) is 11.1. The third-order valence-electron chi connectivity index (χ3n) is 3.89. The van der Waals surface area contributed by atoms with Gasteiger partial charge in [0.25, 0.3) is 0 Å². The number of aliphatic hydroxyl groups is 1. The molecule has 1 aromatic heterocycles. The maximum absolute atomic E-state index is 10.6. The number of rotatable bonds is 3. The minimum absolute atomic E-state index is 0.483. The molecule has 17 heavy (non-hydrogen) atoms. The summed E-state index contributed by atoms with van der Waals surface area (Å²) in [6, 6.07) is 3.66. The summed E-state index contributed by atoms with van der Waals surface area (Å²) in [6.07, 6.45) is 8.17. The van der Waals surface area contributed by atoms with Gasteiger partial charge in [-0.05, 0) is 37.7 Å². The van der Waals surface area contributed by atoms with Gasteiger partial charge in [0.05, 0.1) is 5.60 Å². The zero-order chi connectivity index (χ0) is 12.3. The average molecular weight is 254 g/mol. The Morgan fingerprint density at radius 3 is 2.65 bits per heavy atom. The molecule has 0 bridgehead atoms. The van der Waals surface area contributed by atoms with Crippen molar-refractivity contribution in [2.45, 2.75) is 51.0 Å². The first-order chi connectivity index (χ1) is 8.14. The Morgan fingerprint density at radius 1 is 1.41 bits per heavy atom. The Kier molecular flexibility index (Phi) is 4.05. The maximum Gasteiger partial charge on any atom is 0.129 e. The van der Waals surface area contributed by atoms with E-state index in [4.69, 9.17) is 11.6 Å². The molecule has 0 atom stereocenters. The van der Waals surface area contributed by atoms with Crippen LogP contribution in [0.5, 0.6) is 0 Å². The Bertz CT molecular complexity index is 355. The summed E-state index contributed by atoms with van der Waals surface area (Å²) in [5.41, 5.74) is 0.235. The molecule has 0 radical (unpaired) electrons. The summed E-state index contributed by atoms with van der Waals surface area (Å²) >= 11 is 5.77. The van der Waals surface area contributed by atoms with Crippen molar-refractivity contribution in [3.63, 3.8) is 0 Å². The summed E-state index contributed by atoms with van der Waals surface area (Å²) in [7, 11) is 0. The molecule has 1 fully saturated rings. The topological polar surface area (TPSA) is 33.1 Å². The van der Waals surface area contributed by atoms with Crippen LogP contribution in [0.15, 0.2) is 18.3 Å². The monoisotopic (exact) mass is 253 g/mol. The van der Waals surface area contributed by atoms with Crippen LogP contribution in [0.4, 0.5) is 0 Å². The van der Waals surface area contributed by atoms with Gasteiger partial charge in [-0.15, -0.1) is 0 Å². The lowest BCUT2D eigenvalue weighted by Gasteiger charge is -2.36. The molecule has 0 saturated heterocycles. The summed E-state index contributed by atoms with van der Waals surface area (Å²) in [4.78, 5) is 4.06. The Labute approximate surface area is 108 Å². The highest BCUT2D eigenvalue weighted by atomic mass is 35.5. The quantitative estimate of drug-likeness (QED) is 0.829. The van der Waals surface area contributed by atoms with E-state index >= 15 is 0 Å². The summed E-state index contributed by atoms with van der Waals surface area (Å²) < 4.78 is 0. The van der Waals surface area contributed by atoms with Crippen molar-refractivity contribution in [2.24, 2.45) is 5.92 Å². The zero-order valence-electron chi connectivity index (χ0n) is 10.3. The van der Waals surface area contributed by atoms with Gasteiger partial charge < -0.3 is 5.11 Å². The van der Waals surface area contributed by atoms with E-state index in [0.29, 0.717) is 5.15 Å². The fourth-order valence-electron chi connectivity index (χ4n) is 2.79. The van der Waals surface area contributed by atoms with Crippen molar-refractivity contribution >= 4 is 11.6 Å². The fraction of sp³-hybridized carbons (Fsp3) is 0.643. The van der Waals surface area contributed by atoms with Crippen LogP contribution in [0.25, 0.3) is 0 Å². The van der Waals surface area contributed by atoms with Crippen molar-refractivity contribution in [1.29, 1.82) is 0 Å². The average Bonchev–Trinajstić information content (AvgIpc) is 2.33. The van der Waals surface area contributed by atoms with Crippen LogP contribution < -0.4 is 0 Å². The molecule has 1 aliphatic rings. The number of pyridine rings is 1. The first-order valence-corrected chi connectivity index (χ1v) is 6.86. The van der Waals surface area contributed by atoms with Crippen molar-refractivity contribution < 1.29 is 5.11 Å². The van der Waals surface area contributed by atoms with Gasteiger partial charge in [-0.1, -0.05) is 37.4 Å². The predicted octanol–water partition coefficient (Wildman–Crippen LogP) is 3.91. The molecule has 0 amide bonds. The number of halogens is 1. The van der Waals surface area contributed by atoms with E-state index in [1.54, 1.807) is 12.3 Å². The Morgan fingerprint density at radius 2 is 2.12 bits per heavy atom. The number of hydrogen-bond donors (Lipinski definition) is 1. The van der Waals surface area contributed by atoms with Crippen LogP contribution >= 0.6 is 11.6 Å². The van der Waals surface area contributed by atoms with Gasteiger partial charge in [0, 0.05) is 11.8 Å². The van der Waals surface area contributed by atoms with Crippen LogP contribution in [0, 0.1) is 5.92 Å². The molecule has 1 aliphatic carbocycles. The molecular formula is C14H20ClNO. The normalized spacial score (nSPS) is 29.2. The summed E-state index contributed by atoms with van der Waals surface area (Å²) in [5, 5.41) is 11.1. The SMILES string of the molecule is CCCC1CCC(O)(c2ccc(Cl)nc2)CC1. The lowest BCUT2D eigenvalue weighted by molar-refractivity contribution is -0.0155. The molecule has 94 valence electrons. The van der Waals surface area contributed by atoms with Crippen LogP contribution in [0.3, 0.4) is 0 Å². The molecule has 0 aromatic carbocycles. The number of aromatic nitrogens is 1. The number of nitrogens with zero attached hydrogens (tertiary/aromatic N) is 1. The lowest BCUT2D eigenvalue weighted by Crippen LogP contribution is -2.31. The van der Waals surface area contributed by atoms with Crippen molar-refractivity contribution in [1.82, 2.24) is 4.98 Å². The predicted molar refractivity (Wildman–Crippen MR) is 70.0 cm³/mol. The van der Waals surface area contributed by atoms with E-state index < -0.39 is 5.60 Å². The van der Waals surface area contributed by atoms with Gasteiger partial charge in [-0.3, -0.25) is 0 Å². The van der Waals surface area contributed by atoms with Gasteiger partial charge in [0.2, 0.25) is 0 Å². The Balaban J connectivity index is 2.04. The van der Waals surface area contributed by atoms with E-state index in [0.717, 1.165) is 37.2 Å². The standard InChI is InChI=1S/C14H20ClNO/c1-2-3-11-6-8-14(17,9-7-11)12-4-5-13(15)16-10-12/h4-5,10-11,17H,2-3,6-9H2,1H3. The van der Waals surface area contributed by atoms with Crippen LogP contribution in [0.1, 0.15) is 51.0 Å². The first-order valence-electron chi connectivity index (χ1n) is 6.48. The van der Waals surface area contributed by atoms with E-state index in [1.807, 2.05) is 6.07 Å². The number of hydrogen-bond acceptors (Lipinski definition) is 2. The van der Waals surface area contributed by atoms with Crippen LogP contribution in [-0.4, -0.2) is 10.1 Å². The molecule has 1 aromatic rings. The van der Waals surface area contributed by atoms with Gasteiger partial charge in [0.1, 0.15) is 5.15 Å². The second-order valence-electron chi connectivity index (χ2n) is 5.13. The molecule has 3 heteroatoms. The van der Waals surface area contributed by atoms with Crippen LogP contribution in [-0.2, 0) is 5.60 Å². The first kappa shape index (κ1) is 12.8. The van der Waals surface area contributed by atoms with E-state index in [-0.39, 0.29) is 0 Å². The van der Waals surface area contributed by atoms with Crippen molar-refractivity contribution in [3.05, 3.63) is 29.0 Å². The van der Waals surface area contributed by atoms with Gasteiger partial charge >= 0.3 is 0 Å². The molecule has 0 unspecified atom stereocenters. The molecule has 1 saturated carbocycles. The molecule has 0 aliphatic heterocycles. The lowest BCUT2D eigenvalue weighted by atomic mass is 9.74. The second-order valence-corrected chi connectivity index (χ2v) is 5.52. The highest BCUT2D eigenvalue weighted by Crippen LogP contribution is 2.40. The summed E-state index contributed by atoms with van der Waals surface area (Å²) in [5.74, 6) is 0.792. The second kappa shape index (κ2) is 5.36. The van der Waals surface area contributed by atoms with Gasteiger partial charge in [0.15, 0.2) is 0 Å². The Hall–Kier alpha value is -0.600. The highest BCUT2D eigenvalue weighted by Gasteiger charge is 2.34. The smallest absolute Gasteiger partial charge is 0.129 e. The van der Waals surface area contributed by atoms with Crippen LogP contribution in [0.2, 0.25) is 5.15 Å². The van der Waals surface area contributed by atoms with E-state index in [1.165, 1.54) is 12.8 Å². The van der Waals surface area contributed by atoms with Crippen molar-refractivity contribution in [3.8, 4) is 0 Å². The largest absolute Gasteiger partial charge is 0.385 e. The van der Waals surface area contributed by atoms with Gasteiger partial charge in [-0.2, -0.15) is 0 Å². The highest BCUT2D eigenvalue weighted by molar-refractivity contribution is 6.29. The molecule has 2 nitrogen and oxygen atoms in total. The third-order valence-corrected chi connectivity index (χ3v) is 4.12. The maximum atomic E-state index is 10.6. The van der Waals surface area contributed by atoms with Crippen molar-refractivity contribution in [2.75, 3.05) is 0 Å². The molecule has 1 N–H and O–H groups in total. The summed E-state index contributed by atoms with van der Waals surface area (Å²) in [6.45, 7) is 2.23.